The van der Waals surface area contributed by atoms with Gasteiger partial charge in [0.2, 0.25) is 10.0 Å². The first-order valence-electron chi connectivity index (χ1n) is 8.39. The Labute approximate surface area is 166 Å². The number of halogens is 3. The molecule has 0 N–H and O–H groups in total. The van der Waals surface area contributed by atoms with Crippen molar-refractivity contribution < 1.29 is 26.7 Å². The number of amides is 1. The average molecular weight is 431 g/mol. The van der Waals surface area contributed by atoms with E-state index in [1.54, 1.807) is 24.3 Å². The molecule has 10 heteroatoms. The number of carbonyl (C=O) groups is 1. The molecule has 0 aromatic heterocycles. The molecule has 1 heterocycles. The van der Waals surface area contributed by atoms with E-state index in [9.17, 15) is 22.0 Å². The highest BCUT2D eigenvalue weighted by molar-refractivity contribution is 7.89. The SMILES string of the molecule is O=C(COc1ccccc1Cl)N1CCN(S(=O)(=O)c2ccc(F)c(F)c2)CC1. The van der Waals surface area contributed by atoms with E-state index in [1.165, 1.54) is 4.90 Å². The summed E-state index contributed by atoms with van der Waals surface area (Å²) in [5, 5.41) is 0.387. The standard InChI is InChI=1S/C18H17ClF2N2O4S/c19-14-3-1-2-4-17(14)27-12-18(24)22-7-9-23(10-8-22)28(25,26)13-5-6-15(20)16(21)11-13/h1-6,11H,7-10,12H2. The van der Waals surface area contributed by atoms with Crippen molar-refractivity contribution in [3.8, 4) is 5.75 Å². The zero-order valence-corrected chi connectivity index (χ0v) is 16.2. The molecule has 6 nitrogen and oxygen atoms in total. The molecule has 1 aliphatic heterocycles. The fourth-order valence-corrected chi connectivity index (χ4v) is 4.38. The molecule has 0 radical (unpaired) electrons. The van der Waals surface area contributed by atoms with Gasteiger partial charge in [0, 0.05) is 26.2 Å². The third-order valence-corrected chi connectivity index (χ3v) is 6.51. The summed E-state index contributed by atoms with van der Waals surface area (Å²) in [6, 6.07) is 9.19. The summed E-state index contributed by atoms with van der Waals surface area (Å²) in [6.07, 6.45) is 0. The summed E-state index contributed by atoms with van der Waals surface area (Å²) in [4.78, 5) is 13.4. The molecule has 0 saturated carbocycles. The fourth-order valence-electron chi connectivity index (χ4n) is 2.76. The van der Waals surface area contributed by atoms with Crippen LogP contribution in [0.2, 0.25) is 5.02 Å². The molecule has 0 aliphatic carbocycles. The third-order valence-electron chi connectivity index (χ3n) is 4.31. The van der Waals surface area contributed by atoms with Gasteiger partial charge in [-0.2, -0.15) is 4.31 Å². The van der Waals surface area contributed by atoms with Gasteiger partial charge in [-0.25, -0.2) is 17.2 Å². The summed E-state index contributed by atoms with van der Waals surface area (Å²) in [6.45, 7) is 0.180. The van der Waals surface area contributed by atoms with Crippen LogP contribution in [-0.2, 0) is 14.8 Å². The Morgan fingerprint density at radius 2 is 1.71 bits per heavy atom. The van der Waals surface area contributed by atoms with Gasteiger partial charge in [-0.3, -0.25) is 4.79 Å². The second-order valence-corrected chi connectivity index (χ2v) is 8.43. The van der Waals surface area contributed by atoms with Crippen LogP contribution in [0.25, 0.3) is 0 Å². The first-order valence-corrected chi connectivity index (χ1v) is 10.2. The molecule has 2 aromatic rings. The van der Waals surface area contributed by atoms with Crippen LogP contribution in [0.5, 0.6) is 5.75 Å². The lowest BCUT2D eigenvalue weighted by molar-refractivity contribution is -0.134. The van der Waals surface area contributed by atoms with Crippen LogP contribution in [0, 0.1) is 11.6 Å². The summed E-state index contributed by atoms with van der Waals surface area (Å²) in [7, 11) is -3.97. The number of benzene rings is 2. The molecule has 1 fully saturated rings. The molecule has 1 aliphatic rings. The Kier molecular flexibility index (Phi) is 6.17. The highest BCUT2D eigenvalue weighted by atomic mass is 35.5. The molecule has 0 atom stereocenters. The highest BCUT2D eigenvalue weighted by Crippen LogP contribution is 2.23. The lowest BCUT2D eigenvalue weighted by atomic mass is 10.3. The Hall–Kier alpha value is -2.23. The Bertz CT molecular complexity index is 979. The number of ether oxygens (including phenoxy) is 1. The molecular weight excluding hydrogens is 414 g/mol. The maximum Gasteiger partial charge on any atom is 0.260 e. The van der Waals surface area contributed by atoms with Gasteiger partial charge in [-0.1, -0.05) is 23.7 Å². The molecule has 3 rings (SSSR count). The first kappa shape index (κ1) is 20.5. The number of hydrogen-bond donors (Lipinski definition) is 0. The molecule has 2 aromatic carbocycles. The predicted octanol–water partition coefficient (Wildman–Crippen LogP) is 2.53. The van der Waals surface area contributed by atoms with Gasteiger partial charge >= 0.3 is 0 Å². The number of sulfonamides is 1. The Balaban J connectivity index is 1.58. The Morgan fingerprint density at radius 3 is 2.36 bits per heavy atom. The predicted molar refractivity (Wildman–Crippen MR) is 98.6 cm³/mol. The maximum absolute atomic E-state index is 13.4. The lowest BCUT2D eigenvalue weighted by Crippen LogP contribution is -2.51. The van der Waals surface area contributed by atoms with Gasteiger partial charge in [0.05, 0.1) is 9.92 Å². The van der Waals surface area contributed by atoms with E-state index in [-0.39, 0.29) is 43.6 Å². The molecule has 150 valence electrons. The van der Waals surface area contributed by atoms with Crippen LogP contribution in [0.3, 0.4) is 0 Å². The van der Waals surface area contributed by atoms with Crippen molar-refractivity contribution in [2.24, 2.45) is 0 Å². The van der Waals surface area contributed by atoms with Gasteiger partial charge < -0.3 is 9.64 Å². The van der Waals surface area contributed by atoms with E-state index in [4.69, 9.17) is 16.3 Å². The minimum absolute atomic E-state index is 0.0408. The van der Waals surface area contributed by atoms with Crippen LogP contribution in [-0.4, -0.2) is 56.3 Å². The molecule has 0 spiro atoms. The minimum atomic E-state index is -3.97. The van der Waals surface area contributed by atoms with Crippen LogP contribution < -0.4 is 4.74 Å². The monoisotopic (exact) mass is 430 g/mol. The topological polar surface area (TPSA) is 66.9 Å². The van der Waals surface area contributed by atoms with Crippen LogP contribution in [0.1, 0.15) is 0 Å². The van der Waals surface area contributed by atoms with Crippen molar-refractivity contribution in [1.29, 1.82) is 0 Å². The van der Waals surface area contributed by atoms with Gasteiger partial charge in [-0.15, -0.1) is 0 Å². The first-order chi connectivity index (χ1) is 13.3. The van der Waals surface area contributed by atoms with E-state index in [0.29, 0.717) is 16.8 Å². The highest BCUT2D eigenvalue weighted by Gasteiger charge is 2.30. The van der Waals surface area contributed by atoms with E-state index in [0.717, 1.165) is 16.4 Å². The molecule has 1 saturated heterocycles. The number of carbonyl (C=O) groups excluding carboxylic acids is 1. The van der Waals surface area contributed by atoms with Crippen molar-refractivity contribution in [2.75, 3.05) is 32.8 Å². The number of piperazine rings is 1. The lowest BCUT2D eigenvalue weighted by Gasteiger charge is -2.34. The maximum atomic E-state index is 13.4. The minimum Gasteiger partial charge on any atom is -0.482 e. The zero-order valence-electron chi connectivity index (χ0n) is 14.6. The van der Waals surface area contributed by atoms with Crippen molar-refractivity contribution in [3.63, 3.8) is 0 Å². The average Bonchev–Trinajstić information content (AvgIpc) is 2.69. The van der Waals surface area contributed by atoms with E-state index in [1.807, 2.05) is 0 Å². The normalized spacial score (nSPS) is 15.5. The van der Waals surface area contributed by atoms with Gasteiger partial charge in [0.15, 0.2) is 18.2 Å². The van der Waals surface area contributed by atoms with Crippen LogP contribution in [0.15, 0.2) is 47.4 Å². The Morgan fingerprint density at radius 1 is 1.04 bits per heavy atom. The zero-order chi connectivity index (χ0) is 20.3. The second kappa shape index (κ2) is 8.42. The molecule has 0 unspecified atom stereocenters. The summed E-state index contributed by atoms with van der Waals surface area (Å²) in [5.74, 6) is -2.26. The van der Waals surface area contributed by atoms with Crippen LogP contribution >= 0.6 is 11.6 Å². The third kappa shape index (κ3) is 4.43. The van der Waals surface area contributed by atoms with Crippen molar-refractivity contribution in [1.82, 2.24) is 9.21 Å². The molecule has 1 amide bonds. The summed E-state index contributed by atoms with van der Waals surface area (Å²) < 4.78 is 58.1. The van der Waals surface area contributed by atoms with Crippen molar-refractivity contribution in [2.45, 2.75) is 4.90 Å². The van der Waals surface area contributed by atoms with Crippen LogP contribution in [0.4, 0.5) is 8.78 Å². The van der Waals surface area contributed by atoms with Crippen molar-refractivity contribution >= 4 is 27.5 Å². The van der Waals surface area contributed by atoms with E-state index in [2.05, 4.69) is 0 Å². The van der Waals surface area contributed by atoms with Crippen molar-refractivity contribution in [3.05, 3.63) is 59.1 Å². The summed E-state index contributed by atoms with van der Waals surface area (Å²) in [5.41, 5.74) is 0. The smallest absolute Gasteiger partial charge is 0.260 e. The number of hydrogen-bond acceptors (Lipinski definition) is 4. The summed E-state index contributed by atoms with van der Waals surface area (Å²) >= 11 is 5.97. The van der Waals surface area contributed by atoms with E-state index >= 15 is 0 Å². The second-order valence-electron chi connectivity index (χ2n) is 6.08. The van der Waals surface area contributed by atoms with Gasteiger partial charge in [0.1, 0.15) is 5.75 Å². The largest absolute Gasteiger partial charge is 0.482 e. The molecule has 0 bridgehead atoms. The number of para-hydroxylation sites is 1. The number of rotatable bonds is 5. The molecular formula is C18H17ClF2N2O4S. The van der Waals surface area contributed by atoms with Gasteiger partial charge in [0.25, 0.3) is 5.91 Å². The van der Waals surface area contributed by atoms with E-state index < -0.39 is 21.7 Å². The number of nitrogens with zero attached hydrogens (tertiary/aromatic N) is 2. The molecule has 28 heavy (non-hydrogen) atoms. The fraction of sp³-hybridized carbons (Fsp3) is 0.278. The quantitative estimate of drug-likeness (QED) is 0.731. The van der Waals surface area contributed by atoms with Gasteiger partial charge in [-0.05, 0) is 30.3 Å².